The van der Waals surface area contributed by atoms with Crippen LogP contribution in [0.4, 0.5) is 10.1 Å². The number of benzene rings is 3. The van der Waals surface area contributed by atoms with Gasteiger partial charge in [0.15, 0.2) is 5.78 Å². The SMILES string of the molecule is Cc1ccc(N=Cc2ccc(F)cc2)c(C(=O)c2ccccc2)c1. The summed E-state index contributed by atoms with van der Waals surface area (Å²) < 4.78 is 13.0. The normalized spacial score (nSPS) is 10.9. The van der Waals surface area contributed by atoms with Crippen LogP contribution in [0.1, 0.15) is 27.0 Å². The standard InChI is InChI=1S/C21H16FNO/c1-15-7-12-20(23-14-16-8-10-18(22)11-9-16)19(13-15)21(24)17-5-3-2-4-6-17/h2-14H,1H3. The first kappa shape index (κ1) is 15.8. The highest BCUT2D eigenvalue weighted by Gasteiger charge is 2.13. The van der Waals surface area contributed by atoms with Gasteiger partial charge in [0.05, 0.1) is 5.69 Å². The van der Waals surface area contributed by atoms with E-state index in [1.807, 2.05) is 43.3 Å². The highest BCUT2D eigenvalue weighted by Crippen LogP contribution is 2.24. The average Bonchev–Trinajstić information content (AvgIpc) is 2.62. The van der Waals surface area contributed by atoms with Crippen molar-refractivity contribution in [1.29, 1.82) is 0 Å². The number of hydrogen-bond donors (Lipinski definition) is 0. The smallest absolute Gasteiger partial charge is 0.195 e. The van der Waals surface area contributed by atoms with Crippen molar-refractivity contribution in [3.05, 3.63) is 101 Å². The molecular formula is C21H16FNO. The molecule has 0 heterocycles. The van der Waals surface area contributed by atoms with Crippen LogP contribution in [0.3, 0.4) is 0 Å². The first-order valence-electron chi connectivity index (χ1n) is 7.63. The van der Waals surface area contributed by atoms with Crippen molar-refractivity contribution in [1.82, 2.24) is 0 Å². The van der Waals surface area contributed by atoms with Crippen molar-refractivity contribution < 1.29 is 9.18 Å². The molecule has 0 amide bonds. The molecule has 3 aromatic carbocycles. The van der Waals surface area contributed by atoms with Crippen molar-refractivity contribution >= 4 is 17.7 Å². The molecule has 24 heavy (non-hydrogen) atoms. The summed E-state index contributed by atoms with van der Waals surface area (Å²) in [5, 5.41) is 0. The van der Waals surface area contributed by atoms with E-state index in [2.05, 4.69) is 4.99 Å². The summed E-state index contributed by atoms with van der Waals surface area (Å²) in [5.74, 6) is -0.354. The summed E-state index contributed by atoms with van der Waals surface area (Å²) >= 11 is 0. The quantitative estimate of drug-likeness (QED) is 0.485. The number of nitrogens with zero attached hydrogens (tertiary/aromatic N) is 1. The van der Waals surface area contributed by atoms with Crippen LogP contribution in [-0.4, -0.2) is 12.0 Å². The molecule has 0 atom stereocenters. The van der Waals surface area contributed by atoms with Crippen LogP contribution in [0.2, 0.25) is 0 Å². The van der Waals surface area contributed by atoms with E-state index in [4.69, 9.17) is 0 Å². The Labute approximate surface area is 140 Å². The van der Waals surface area contributed by atoms with Crippen LogP contribution < -0.4 is 0 Å². The van der Waals surface area contributed by atoms with Gasteiger partial charge in [-0.25, -0.2) is 4.39 Å². The van der Waals surface area contributed by atoms with E-state index in [0.29, 0.717) is 16.8 Å². The summed E-state index contributed by atoms with van der Waals surface area (Å²) in [6.07, 6.45) is 1.63. The van der Waals surface area contributed by atoms with Crippen molar-refractivity contribution in [2.24, 2.45) is 4.99 Å². The monoisotopic (exact) mass is 317 g/mol. The number of aryl methyl sites for hydroxylation is 1. The Balaban J connectivity index is 1.97. The molecule has 3 aromatic rings. The lowest BCUT2D eigenvalue weighted by Gasteiger charge is -2.06. The van der Waals surface area contributed by atoms with Gasteiger partial charge in [-0.2, -0.15) is 0 Å². The molecule has 0 aromatic heterocycles. The minimum absolute atomic E-state index is 0.0643. The predicted octanol–water partition coefficient (Wildman–Crippen LogP) is 5.12. The van der Waals surface area contributed by atoms with Crippen molar-refractivity contribution in [2.45, 2.75) is 6.92 Å². The first-order valence-corrected chi connectivity index (χ1v) is 7.63. The molecule has 0 saturated carbocycles. The topological polar surface area (TPSA) is 29.4 Å². The second-order valence-electron chi connectivity index (χ2n) is 5.53. The lowest BCUT2D eigenvalue weighted by molar-refractivity contribution is 0.103. The maximum atomic E-state index is 13.0. The molecule has 0 spiro atoms. The van der Waals surface area contributed by atoms with Crippen molar-refractivity contribution in [2.75, 3.05) is 0 Å². The molecule has 0 unspecified atom stereocenters. The van der Waals surface area contributed by atoms with E-state index in [1.54, 1.807) is 30.5 Å². The molecule has 0 radical (unpaired) electrons. The fourth-order valence-electron chi connectivity index (χ4n) is 2.38. The number of halogens is 1. The van der Waals surface area contributed by atoms with Gasteiger partial charge in [-0.3, -0.25) is 9.79 Å². The molecule has 3 rings (SSSR count). The number of carbonyl (C=O) groups is 1. The lowest BCUT2D eigenvalue weighted by atomic mass is 10.00. The Morgan fingerprint density at radius 3 is 2.38 bits per heavy atom. The molecule has 0 fully saturated rings. The fraction of sp³-hybridized carbons (Fsp3) is 0.0476. The van der Waals surface area contributed by atoms with Crippen LogP contribution in [0.25, 0.3) is 0 Å². The number of rotatable bonds is 4. The Bertz CT molecular complexity index is 883. The summed E-state index contributed by atoms with van der Waals surface area (Å²) in [6, 6.07) is 20.8. The van der Waals surface area contributed by atoms with Crippen LogP contribution >= 0.6 is 0 Å². The molecule has 0 bridgehead atoms. The number of ketones is 1. The number of carbonyl (C=O) groups excluding carboxylic acids is 1. The molecule has 2 nitrogen and oxygen atoms in total. The van der Waals surface area contributed by atoms with Gasteiger partial charge < -0.3 is 0 Å². The molecule has 0 aliphatic rings. The third-order valence-corrected chi connectivity index (χ3v) is 3.66. The summed E-state index contributed by atoms with van der Waals surface area (Å²) in [7, 11) is 0. The van der Waals surface area contributed by atoms with Gasteiger partial charge in [-0.05, 0) is 36.8 Å². The van der Waals surface area contributed by atoms with Gasteiger partial charge in [-0.15, -0.1) is 0 Å². The Kier molecular flexibility index (Phi) is 4.62. The Morgan fingerprint density at radius 2 is 1.67 bits per heavy atom. The van der Waals surface area contributed by atoms with Crippen molar-refractivity contribution in [3.8, 4) is 0 Å². The molecular weight excluding hydrogens is 301 g/mol. The molecule has 0 N–H and O–H groups in total. The Morgan fingerprint density at radius 1 is 0.958 bits per heavy atom. The van der Waals surface area contributed by atoms with Gasteiger partial charge in [0.2, 0.25) is 0 Å². The zero-order chi connectivity index (χ0) is 16.9. The second-order valence-corrected chi connectivity index (χ2v) is 5.53. The maximum Gasteiger partial charge on any atom is 0.195 e. The highest BCUT2D eigenvalue weighted by atomic mass is 19.1. The van der Waals surface area contributed by atoms with Gasteiger partial charge in [-0.1, -0.05) is 54.1 Å². The second kappa shape index (κ2) is 7.01. The van der Waals surface area contributed by atoms with Crippen LogP contribution in [0.15, 0.2) is 77.8 Å². The third kappa shape index (κ3) is 3.63. The average molecular weight is 317 g/mol. The highest BCUT2D eigenvalue weighted by molar-refractivity contribution is 6.12. The van der Waals surface area contributed by atoms with Crippen molar-refractivity contribution in [3.63, 3.8) is 0 Å². The Hall–Kier alpha value is -3.07. The van der Waals surface area contributed by atoms with Gasteiger partial charge >= 0.3 is 0 Å². The number of aliphatic imine (C=N–C) groups is 1. The molecule has 3 heteroatoms. The third-order valence-electron chi connectivity index (χ3n) is 3.66. The van der Waals surface area contributed by atoms with E-state index in [0.717, 1.165) is 11.1 Å². The zero-order valence-electron chi connectivity index (χ0n) is 13.2. The van der Waals surface area contributed by atoms with Crippen LogP contribution in [0, 0.1) is 12.7 Å². The maximum absolute atomic E-state index is 13.0. The van der Waals surface area contributed by atoms with Gasteiger partial charge in [0, 0.05) is 17.3 Å². The van der Waals surface area contributed by atoms with Gasteiger partial charge in [0.1, 0.15) is 5.82 Å². The fourth-order valence-corrected chi connectivity index (χ4v) is 2.38. The van der Waals surface area contributed by atoms with E-state index >= 15 is 0 Å². The molecule has 118 valence electrons. The molecule has 0 aliphatic carbocycles. The summed E-state index contributed by atoms with van der Waals surface area (Å²) in [5.41, 5.74) is 3.55. The predicted molar refractivity (Wildman–Crippen MR) is 94.7 cm³/mol. The summed E-state index contributed by atoms with van der Waals surface area (Å²) in [6.45, 7) is 1.94. The van der Waals surface area contributed by atoms with E-state index in [9.17, 15) is 9.18 Å². The molecule has 0 aliphatic heterocycles. The number of hydrogen-bond acceptors (Lipinski definition) is 2. The minimum Gasteiger partial charge on any atom is -0.289 e. The van der Waals surface area contributed by atoms with Crippen LogP contribution in [-0.2, 0) is 0 Å². The van der Waals surface area contributed by atoms with Crippen LogP contribution in [0.5, 0.6) is 0 Å². The van der Waals surface area contributed by atoms with E-state index in [-0.39, 0.29) is 11.6 Å². The van der Waals surface area contributed by atoms with Gasteiger partial charge in [0.25, 0.3) is 0 Å². The minimum atomic E-state index is -0.289. The largest absolute Gasteiger partial charge is 0.289 e. The molecule has 0 saturated heterocycles. The lowest BCUT2D eigenvalue weighted by Crippen LogP contribution is -2.02. The zero-order valence-corrected chi connectivity index (χ0v) is 13.2. The first-order chi connectivity index (χ1) is 11.6. The van der Waals surface area contributed by atoms with E-state index in [1.165, 1.54) is 12.1 Å². The summed E-state index contributed by atoms with van der Waals surface area (Å²) in [4.78, 5) is 17.2. The van der Waals surface area contributed by atoms with E-state index < -0.39 is 0 Å².